The molecule has 0 saturated carbocycles. The van der Waals surface area contributed by atoms with E-state index in [0.717, 1.165) is 4.57 Å². The summed E-state index contributed by atoms with van der Waals surface area (Å²) in [7, 11) is 2.67. The lowest BCUT2D eigenvalue weighted by Gasteiger charge is -2.07. The molecule has 0 aromatic carbocycles. The number of aryl methyl sites for hydroxylation is 3. The van der Waals surface area contributed by atoms with Crippen molar-refractivity contribution in [2.75, 3.05) is 0 Å². The molecule has 4 nitrogen and oxygen atoms in total. The number of alkyl halides is 3. The summed E-state index contributed by atoms with van der Waals surface area (Å²) in [5, 5.41) is 0. The Morgan fingerprint density at radius 2 is 1.82 bits per heavy atom. The van der Waals surface area contributed by atoms with Gasteiger partial charge in [-0.25, -0.2) is 4.98 Å². The first-order valence-electron chi connectivity index (χ1n) is 4.83. The molecule has 2 rings (SSSR count). The lowest BCUT2D eigenvalue weighted by Crippen LogP contribution is -2.21. The summed E-state index contributed by atoms with van der Waals surface area (Å²) < 4.78 is 40.0. The van der Waals surface area contributed by atoms with Gasteiger partial charge in [0.15, 0.2) is 0 Å². The Bertz CT molecular complexity index is 651. The van der Waals surface area contributed by atoms with Crippen molar-refractivity contribution < 1.29 is 13.2 Å². The Labute approximate surface area is 94.3 Å². The Hall–Kier alpha value is -1.79. The predicted molar refractivity (Wildman–Crippen MR) is 55.7 cm³/mol. The summed E-state index contributed by atoms with van der Waals surface area (Å²) in [5.41, 5.74) is 0.369. The number of imidazole rings is 1. The lowest BCUT2D eigenvalue weighted by atomic mass is 10.3. The summed E-state index contributed by atoms with van der Waals surface area (Å²) >= 11 is 0. The molecular weight excluding hydrogens is 235 g/mol. The summed E-state index contributed by atoms with van der Waals surface area (Å²) in [4.78, 5) is 15.2. The molecule has 7 heteroatoms. The van der Waals surface area contributed by atoms with Crippen molar-refractivity contribution in [2.24, 2.45) is 14.1 Å². The molecule has 2 aromatic heterocycles. The fourth-order valence-corrected chi connectivity index (χ4v) is 1.89. The Morgan fingerprint density at radius 1 is 1.24 bits per heavy atom. The quantitative estimate of drug-likeness (QED) is 0.707. The van der Waals surface area contributed by atoms with Gasteiger partial charge in [0.05, 0.1) is 0 Å². The van der Waals surface area contributed by atoms with Crippen LogP contribution in [0.5, 0.6) is 0 Å². The van der Waals surface area contributed by atoms with Gasteiger partial charge in [-0.1, -0.05) is 0 Å². The van der Waals surface area contributed by atoms with Crippen LogP contribution in [0.25, 0.3) is 11.2 Å². The Morgan fingerprint density at radius 3 is 2.35 bits per heavy atom. The third-order valence-corrected chi connectivity index (χ3v) is 2.66. The van der Waals surface area contributed by atoms with Gasteiger partial charge in [0, 0.05) is 19.7 Å². The summed E-state index contributed by atoms with van der Waals surface area (Å²) in [6, 6.07) is 1.37. The van der Waals surface area contributed by atoms with E-state index in [-0.39, 0.29) is 16.7 Å². The molecule has 0 atom stereocenters. The molecular formula is C10H10F3N3O. The molecule has 2 aromatic rings. The van der Waals surface area contributed by atoms with Gasteiger partial charge >= 0.3 is 6.18 Å². The molecule has 92 valence electrons. The highest BCUT2D eigenvalue weighted by Crippen LogP contribution is 2.30. The maximum atomic E-state index is 12.6. The van der Waals surface area contributed by atoms with Crippen molar-refractivity contribution in [3.05, 3.63) is 27.8 Å². The second-order valence-electron chi connectivity index (χ2n) is 3.89. The molecule has 2 heterocycles. The number of rotatable bonds is 0. The maximum absolute atomic E-state index is 12.6. The van der Waals surface area contributed by atoms with Crippen LogP contribution in [0, 0.1) is 6.92 Å². The fraction of sp³-hybridized carbons (Fsp3) is 0.400. The van der Waals surface area contributed by atoms with Gasteiger partial charge in [-0.15, -0.1) is 0 Å². The third-order valence-electron chi connectivity index (χ3n) is 2.66. The molecule has 0 fully saturated rings. The van der Waals surface area contributed by atoms with Crippen LogP contribution < -0.4 is 5.56 Å². The van der Waals surface area contributed by atoms with Crippen LogP contribution in [0.4, 0.5) is 13.2 Å². The molecule has 0 unspecified atom stereocenters. The van der Waals surface area contributed by atoms with E-state index in [9.17, 15) is 18.0 Å². The van der Waals surface area contributed by atoms with E-state index in [4.69, 9.17) is 0 Å². The van der Waals surface area contributed by atoms with Crippen molar-refractivity contribution in [1.29, 1.82) is 0 Å². The number of nitrogens with zero attached hydrogens (tertiary/aromatic N) is 3. The normalized spacial score (nSPS) is 12.4. The third kappa shape index (κ3) is 1.62. The monoisotopic (exact) mass is 245 g/mol. The van der Waals surface area contributed by atoms with Gasteiger partial charge in [0.1, 0.15) is 11.2 Å². The predicted octanol–water partition coefficient (Wildman–Crippen LogP) is 1.60. The lowest BCUT2D eigenvalue weighted by molar-refractivity contribution is -0.146. The molecule has 0 amide bonds. The van der Waals surface area contributed by atoms with Crippen LogP contribution in [-0.4, -0.2) is 14.1 Å². The SMILES string of the molecule is Cc1cc2nc(C(F)(F)F)n(C)c2n(C)c1=O. The first kappa shape index (κ1) is 11.7. The van der Waals surface area contributed by atoms with Crippen molar-refractivity contribution in [3.8, 4) is 0 Å². The first-order valence-corrected chi connectivity index (χ1v) is 4.83. The van der Waals surface area contributed by atoms with Crippen molar-refractivity contribution in [3.63, 3.8) is 0 Å². The van der Waals surface area contributed by atoms with Crippen LogP contribution in [-0.2, 0) is 20.3 Å². The summed E-state index contributed by atoms with van der Waals surface area (Å²) in [6.45, 7) is 1.55. The highest BCUT2D eigenvalue weighted by atomic mass is 19.4. The molecule has 0 spiro atoms. The minimum Gasteiger partial charge on any atom is -0.310 e. The van der Waals surface area contributed by atoms with Crippen LogP contribution in [0.3, 0.4) is 0 Å². The van der Waals surface area contributed by atoms with Gasteiger partial charge < -0.3 is 4.57 Å². The largest absolute Gasteiger partial charge is 0.449 e. The molecule has 0 N–H and O–H groups in total. The number of aromatic nitrogens is 3. The maximum Gasteiger partial charge on any atom is 0.449 e. The molecule has 0 saturated heterocycles. The molecule has 0 bridgehead atoms. The smallest absolute Gasteiger partial charge is 0.310 e. The summed E-state index contributed by atoms with van der Waals surface area (Å²) in [5.74, 6) is -1.01. The number of halogens is 3. The second kappa shape index (κ2) is 3.35. The molecule has 0 aliphatic carbocycles. The van der Waals surface area contributed by atoms with Crippen LogP contribution in [0.1, 0.15) is 11.4 Å². The van der Waals surface area contributed by atoms with E-state index in [1.165, 1.54) is 24.7 Å². The van der Waals surface area contributed by atoms with Crippen molar-refractivity contribution >= 4 is 11.2 Å². The topological polar surface area (TPSA) is 39.8 Å². The van der Waals surface area contributed by atoms with E-state index in [0.29, 0.717) is 5.56 Å². The van der Waals surface area contributed by atoms with E-state index in [1.54, 1.807) is 6.92 Å². The van der Waals surface area contributed by atoms with E-state index in [1.807, 2.05) is 0 Å². The van der Waals surface area contributed by atoms with Crippen LogP contribution >= 0.6 is 0 Å². The van der Waals surface area contributed by atoms with Crippen molar-refractivity contribution in [2.45, 2.75) is 13.1 Å². The van der Waals surface area contributed by atoms with Gasteiger partial charge in [-0.3, -0.25) is 9.36 Å². The zero-order chi connectivity index (χ0) is 13.0. The zero-order valence-electron chi connectivity index (χ0n) is 9.46. The number of hydrogen-bond acceptors (Lipinski definition) is 2. The number of hydrogen-bond donors (Lipinski definition) is 0. The second-order valence-corrected chi connectivity index (χ2v) is 3.89. The zero-order valence-corrected chi connectivity index (χ0v) is 9.46. The minimum absolute atomic E-state index is 0.160. The average molecular weight is 245 g/mol. The first-order chi connectivity index (χ1) is 7.73. The van der Waals surface area contributed by atoms with Crippen molar-refractivity contribution in [1.82, 2.24) is 14.1 Å². The highest BCUT2D eigenvalue weighted by Gasteiger charge is 2.37. The fourth-order valence-electron chi connectivity index (χ4n) is 1.89. The molecule has 0 radical (unpaired) electrons. The molecule has 0 aliphatic rings. The molecule has 0 aliphatic heterocycles. The number of fused-ring (bicyclic) bond motifs is 1. The van der Waals surface area contributed by atoms with E-state index >= 15 is 0 Å². The van der Waals surface area contributed by atoms with Gasteiger partial charge in [0.25, 0.3) is 5.56 Å². The summed E-state index contributed by atoms with van der Waals surface area (Å²) in [6.07, 6.45) is -4.53. The van der Waals surface area contributed by atoms with Gasteiger partial charge in [-0.2, -0.15) is 13.2 Å². The average Bonchev–Trinajstić information content (AvgIpc) is 2.52. The van der Waals surface area contributed by atoms with Gasteiger partial charge in [-0.05, 0) is 13.0 Å². The highest BCUT2D eigenvalue weighted by molar-refractivity contribution is 5.73. The van der Waals surface area contributed by atoms with Crippen LogP contribution in [0.15, 0.2) is 10.9 Å². The van der Waals surface area contributed by atoms with E-state index < -0.39 is 12.0 Å². The Balaban J connectivity index is 2.94. The van der Waals surface area contributed by atoms with E-state index in [2.05, 4.69) is 4.98 Å². The van der Waals surface area contributed by atoms with Gasteiger partial charge in [0.2, 0.25) is 5.82 Å². The van der Waals surface area contributed by atoms with Crippen LogP contribution in [0.2, 0.25) is 0 Å². The Kier molecular flexibility index (Phi) is 2.30. The minimum atomic E-state index is -4.53. The standard InChI is InChI=1S/C10H10F3N3O/c1-5-4-6-7(15(2)8(5)17)16(3)9(14-6)10(11,12)13/h4H,1-3H3. The number of pyridine rings is 1. The molecule has 17 heavy (non-hydrogen) atoms.